The zero-order chi connectivity index (χ0) is 13.2. The summed E-state index contributed by atoms with van der Waals surface area (Å²) < 4.78 is 49.7. The highest BCUT2D eigenvalue weighted by atomic mass is 19.3. The summed E-state index contributed by atoms with van der Waals surface area (Å²) in [6.07, 6.45) is -2.73. The highest BCUT2D eigenvalue weighted by Crippen LogP contribution is 2.29. The van der Waals surface area contributed by atoms with Crippen molar-refractivity contribution in [3.05, 3.63) is 0 Å². The number of carbonyl (C=O) groups is 1. The van der Waals surface area contributed by atoms with Gasteiger partial charge < -0.3 is 4.90 Å². The van der Waals surface area contributed by atoms with Crippen molar-refractivity contribution in [2.45, 2.75) is 39.0 Å². The van der Waals surface area contributed by atoms with Crippen LogP contribution < -0.4 is 0 Å². The lowest BCUT2D eigenvalue weighted by Crippen LogP contribution is -2.50. The number of halogens is 4. The van der Waals surface area contributed by atoms with Crippen LogP contribution in [0.2, 0.25) is 0 Å². The largest absolute Gasteiger partial charge is 0.383 e. The van der Waals surface area contributed by atoms with Crippen LogP contribution in [0.4, 0.5) is 17.6 Å². The molecule has 0 aliphatic carbocycles. The highest BCUT2D eigenvalue weighted by molar-refractivity contribution is 5.84. The summed E-state index contributed by atoms with van der Waals surface area (Å²) >= 11 is 0. The topological polar surface area (TPSA) is 20.3 Å². The first-order valence-electron chi connectivity index (χ1n) is 5.72. The van der Waals surface area contributed by atoms with Gasteiger partial charge in [-0.3, -0.25) is 4.79 Å². The lowest BCUT2D eigenvalue weighted by Gasteiger charge is -2.35. The van der Waals surface area contributed by atoms with E-state index in [2.05, 4.69) is 0 Å². The van der Waals surface area contributed by atoms with Crippen molar-refractivity contribution in [2.24, 2.45) is 11.8 Å². The minimum atomic E-state index is -4.55. The predicted octanol–water partition coefficient (Wildman–Crippen LogP) is 2.78. The van der Waals surface area contributed by atoms with E-state index in [0.29, 0.717) is 24.7 Å². The number of amides is 1. The Hall–Kier alpha value is -0.810. The minimum Gasteiger partial charge on any atom is -0.337 e. The summed E-state index contributed by atoms with van der Waals surface area (Å²) in [4.78, 5) is 12.1. The number of nitrogens with zero attached hydrogens (tertiary/aromatic N) is 1. The average molecular weight is 255 g/mol. The van der Waals surface area contributed by atoms with Crippen molar-refractivity contribution in [3.63, 3.8) is 0 Å². The molecule has 0 bridgehead atoms. The van der Waals surface area contributed by atoms with Crippen LogP contribution in [0.5, 0.6) is 0 Å². The molecule has 0 N–H and O–H groups in total. The zero-order valence-corrected chi connectivity index (χ0v) is 9.93. The van der Waals surface area contributed by atoms with Crippen LogP contribution in [0.25, 0.3) is 0 Å². The standard InChI is InChI=1S/C11H17F4NO/c1-7(2)8-3-5-16(6-4-8)10(17)11(14,15)9(12)13/h7-9H,3-6H2,1-2H3. The van der Waals surface area contributed by atoms with Crippen LogP contribution in [0.1, 0.15) is 26.7 Å². The highest BCUT2D eigenvalue weighted by Gasteiger charge is 2.51. The third kappa shape index (κ3) is 3.10. The van der Waals surface area contributed by atoms with Gasteiger partial charge >= 0.3 is 12.3 Å². The first-order valence-corrected chi connectivity index (χ1v) is 5.72. The molecule has 1 saturated heterocycles. The monoisotopic (exact) mass is 255 g/mol. The van der Waals surface area contributed by atoms with Gasteiger partial charge in [0.25, 0.3) is 5.91 Å². The van der Waals surface area contributed by atoms with Crippen molar-refractivity contribution in [1.82, 2.24) is 4.90 Å². The fourth-order valence-electron chi connectivity index (χ4n) is 2.07. The van der Waals surface area contributed by atoms with Crippen LogP contribution in [0.3, 0.4) is 0 Å². The molecule has 0 atom stereocenters. The molecule has 1 fully saturated rings. The molecule has 1 heterocycles. The maximum atomic E-state index is 12.8. The van der Waals surface area contributed by atoms with Gasteiger partial charge in [0.1, 0.15) is 0 Å². The second-order valence-corrected chi connectivity index (χ2v) is 4.80. The lowest BCUT2D eigenvalue weighted by molar-refractivity contribution is -0.182. The third-order valence-corrected chi connectivity index (χ3v) is 3.33. The normalized spacial score (nSPS) is 19.2. The van der Waals surface area contributed by atoms with Gasteiger partial charge in [-0.25, -0.2) is 8.78 Å². The Morgan fingerprint density at radius 3 is 2.06 bits per heavy atom. The van der Waals surface area contributed by atoms with Gasteiger partial charge in [-0.2, -0.15) is 8.78 Å². The van der Waals surface area contributed by atoms with Crippen LogP contribution in [-0.4, -0.2) is 36.2 Å². The molecule has 1 aliphatic rings. The van der Waals surface area contributed by atoms with E-state index in [1.807, 2.05) is 13.8 Å². The smallest absolute Gasteiger partial charge is 0.337 e. The first-order chi connectivity index (χ1) is 7.76. The molecule has 100 valence electrons. The second-order valence-electron chi connectivity index (χ2n) is 4.80. The number of piperidine rings is 1. The Balaban J connectivity index is 2.57. The summed E-state index contributed by atoms with van der Waals surface area (Å²) in [6, 6.07) is 0. The molecular formula is C11H17F4NO. The summed E-state index contributed by atoms with van der Waals surface area (Å²) in [6.45, 7) is 4.33. The van der Waals surface area contributed by atoms with Crippen molar-refractivity contribution in [1.29, 1.82) is 0 Å². The van der Waals surface area contributed by atoms with Gasteiger partial charge in [-0.05, 0) is 24.7 Å². The van der Waals surface area contributed by atoms with Crippen LogP contribution in [0.15, 0.2) is 0 Å². The number of carbonyl (C=O) groups excluding carboxylic acids is 1. The van der Waals surface area contributed by atoms with E-state index in [1.54, 1.807) is 0 Å². The zero-order valence-electron chi connectivity index (χ0n) is 9.93. The van der Waals surface area contributed by atoms with Crippen LogP contribution in [-0.2, 0) is 4.79 Å². The minimum absolute atomic E-state index is 0.143. The van der Waals surface area contributed by atoms with E-state index >= 15 is 0 Å². The number of alkyl halides is 4. The van der Waals surface area contributed by atoms with Gasteiger partial charge in [0.15, 0.2) is 0 Å². The number of hydrogen-bond acceptors (Lipinski definition) is 1. The molecule has 2 nitrogen and oxygen atoms in total. The average Bonchev–Trinajstić information content (AvgIpc) is 2.27. The first kappa shape index (κ1) is 14.3. The second kappa shape index (κ2) is 5.23. The summed E-state index contributed by atoms with van der Waals surface area (Å²) in [5, 5.41) is 0. The van der Waals surface area contributed by atoms with E-state index in [1.165, 1.54) is 0 Å². The quantitative estimate of drug-likeness (QED) is 0.710. The Labute approximate surface area is 98.0 Å². The molecule has 0 aromatic rings. The molecule has 17 heavy (non-hydrogen) atoms. The maximum absolute atomic E-state index is 12.8. The fraction of sp³-hybridized carbons (Fsp3) is 0.909. The van der Waals surface area contributed by atoms with Crippen molar-refractivity contribution < 1.29 is 22.4 Å². The van der Waals surface area contributed by atoms with Gasteiger partial charge in [0.2, 0.25) is 0 Å². The van der Waals surface area contributed by atoms with Gasteiger partial charge in [0, 0.05) is 13.1 Å². The Bertz CT molecular complexity index is 273. The number of rotatable bonds is 3. The fourth-order valence-corrected chi connectivity index (χ4v) is 2.07. The number of likely N-dealkylation sites (tertiary alicyclic amines) is 1. The predicted molar refractivity (Wildman–Crippen MR) is 55.1 cm³/mol. The van der Waals surface area contributed by atoms with Crippen molar-refractivity contribution in [3.8, 4) is 0 Å². The van der Waals surface area contributed by atoms with E-state index in [0.717, 1.165) is 4.90 Å². The van der Waals surface area contributed by atoms with Crippen molar-refractivity contribution >= 4 is 5.91 Å². The van der Waals surface area contributed by atoms with Crippen LogP contribution in [0, 0.1) is 11.8 Å². The molecule has 0 aromatic carbocycles. The summed E-state index contributed by atoms with van der Waals surface area (Å²) in [5.41, 5.74) is 0. The van der Waals surface area contributed by atoms with E-state index in [4.69, 9.17) is 0 Å². The third-order valence-electron chi connectivity index (χ3n) is 3.33. The van der Waals surface area contributed by atoms with E-state index in [-0.39, 0.29) is 13.1 Å². The Morgan fingerprint density at radius 1 is 1.24 bits per heavy atom. The van der Waals surface area contributed by atoms with Crippen molar-refractivity contribution in [2.75, 3.05) is 13.1 Å². The van der Waals surface area contributed by atoms with Gasteiger partial charge in [-0.15, -0.1) is 0 Å². The van der Waals surface area contributed by atoms with Gasteiger partial charge in [0.05, 0.1) is 0 Å². The molecule has 1 aliphatic heterocycles. The molecule has 1 amide bonds. The number of hydrogen-bond donors (Lipinski definition) is 0. The van der Waals surface area contributed by atoms with Gasteiger partial charge in [-0.1, -0.05) is 13.8 Å². The molecule has 0 unspecified atom stereocenters. The molecule has 0 spiro atoms. The molecular weight excluding hydrogens is 238 g/mol. The lowest BCUT2D eigenvalue weighted by atomic mass is 9.86. The summed E-state index contributed by atoms with van der Waals surface area (Å²) in [5.74, 6) is -5.50. The maximum Gasteiger partial charge on any atom is 0.383 e. The molecule has 0 saturated carbocycles. The van der Waals surface area contributed by atoms with E-state index in [9.17, 15) is 22.4 Å². The molecule has 1 rings (SSSR count). The SMILES string of the molecule is CC(C)C1CCN(C(=O)C(F)(F)C(F)F)CC1. The Morgan fingerprint density at radius 2 is 1.71 bits per heavy atom. The molecule has 0 aromatic heterocycles. The van der Waals surface area contributed by atoms with E-state index < -0.39 is 18.3 Å². The molecule has 0 radical (unpaired) electrons. The summed E-state index contributed by atoms with van der Waals surface area (Å²) in [7, 11) is 0. The molecule has 6 heteroatoms. The Kier molecular flexibility index (Phi) is 4.38. The van der Waals surface area contributed by atoms with Crippen LogP contribution >= 0.6 is 0 Å².